The molecule has 18 heavy (non-hydrogen) atoms. The van der Waals surface area contributed by atoms with E-state index in [0.29, 0.717) is 18.1 Å². The third kappa shape index (κ3) is 2.12. The molecule has 0 aliphatic heterocycles. The molecule has 0 amide bonds. The minimum absolute atomic E-state index is 0.0891. The Morgan fingerprint density at radius 2 is 2.17 bits per heavy atom. The van der Waals surface area contributed by atoms with Gasteiger partial charge in [-0.05, 0) is 13.8 Å². The molecule has 0 aliphatic rings. The molecule has 0 aliphatic carbocycles. The SMILES string of the molecule is Cc1cc(=O)n(Cc2c(C)nn(C)c2NN)cn1. The second kappa shape index (κ2) is 4.61. The Morgan fingerprint density at radius 3 is 2.78 bits per heavy atom. The van der Waals surface area contributed by atoms with Gasteiger partial charge in [-0.2, -0.15) is 5.10 Å². The first-order chi connectivity index (χ1) is 8.52. The summed E-state index contributed by atoms with van der Waals surface area (Å²) in [5, 5.41) is 4.26. The molecule has 2 aromatic rings. The molecule has 0 saturated heterocycles. The maximum atomic E-state index is 11.8. The number of hydrogen-bond donors (Lipinski definition) is 2. The molecule has 0 fully saturated rings. The van der Waals surface area contributed by atoms with Crippen molar-refractivity contribution < 1.29 is 0 Å². The molecular formula is C11H16N6O. The van der Waals surface area contributed by atoms with E-state index >= 15 is 0 Å². The summed E-state index contributed by atoms with van der Waals surface area (Å²) in [6.07, 6.45) is 1.53. The van der Waals surface area contributed by atoms with Crippen molar-refractivity contribution in [2.45, 2.75) is 20.4 Å². The molecule has 2 heterocycles. The fraction of sp³-hybridized carbons (Fsp3) is 0.364. The second-order valence-electron chi connectivity index (χ2n) is 4.18. The highest BCUT2D eigenvalue weighted by Gasteiger charge is 2.13. The van der Waals surface area contributed by atoms with Gasteiger partial charge < -0.3 is 5.43 Å². The van der Waals surface area contributed by atoms with Crippen molar-refractivity contribution in [3.63, 3.8) is 0 Å². The van der Waals surface area contributed by atoms with Crippen molar-refractivity contribution in [3.05, 3.63) is 39.7 Å². The number of hydrogen-bond acceptors (Lipinski definition) is 5. The largest absolute Gasteiger partial charge is 0.308 e. The average molecular weight is 248 g/mol. The first-order valence-electron chi connectivity index (χ1n) is 5.55. The molecule has 7 nitrogen and oxygen atoms in total. The van der Waals surface area contributed by atoms with Crippen molar-refractivity contribution in [1.82, 2.24) is 19.3 Å². The average Bonchev–Trinajstić information content (AvgIpc) is 2.57. The molecule has 0 spiro atoms. The first kappa shape index (κ1) is 12.3. The van der Waals surface area contributed by atoms with E-state index in [4.69, 9.17) is 5.84 Å². The van der Waals surface area contributed by atoms with Gasteiger partial charge in [0.1, 0.15) is 5.82 Å². The number of aromatic nitrogens is 4. The summed E-state index contributed by atoms with van der Waals surface area (Å²) in [5.74, 6) is 6.16. The molecular weight excluding hydrogens is 232 g/mol. The van der Waals surface area contributed by atoms with E-state index in [-0.39, 0.29) is 5.56 Å². The molecule has 2 rings (SSSR count). The zero-order chi connectivity index (χ0) is 13.3. The van der Waals surface area contributed by atoms with Crippen LogP contribution in [0.4, 0.5) is 5.82 Å². The molecule has 0 saturated carbocycles. The molecule has 3 N–H and O–H groups in total. The van der Waals surface area contributed by atoms with Gasteiger partial charge in [-0.15, -0.1) is 0 Å². The summed E-state index contributed by atoms with van der Waals surface area (Å²) in [6.45, 7) is 4.06. The summed E-state index contributed by atoms with van der Waals surface area (Å²) in [4.78, 5) is 15.9. The van der Waals surface area contributed by atoms with Gasteiger partial charge in [-0.3, -0.25) is 14.0 Å². The van der Waals surface area contributed by atoms with Crippen molar-refractivity contribution >= 4 is 5.82 Å². The highest BCUT2D eigenvalue weighted by atomic mass is 16.1. The minimum atomic E-state index is -0.0891. The van der Waals surface area contributed by atoms with Crippen LogP contribution in [0.15, 0.2) is 17.2 Å². The third-order valence-electron chi connectivity index (χ3n) is 2.83. The number of nitrogens with two attached hydrogens (primary N) is 1. The number of aryl methyl sites for hydroxylation is 3. The van der Waals surface area contributed by atoms with Crippen LogP contribution < -0.4 is 16.8 Å². The molecule has 0 bridgehead atoms. The summed E-state index contributed by atoms with van der Waals surface area (Å²) in [5.41, 5.74) is 4.93. The summed E-state index contributed by atoms with van der Waals surface area (Å²) < 4.78 is 3.18. The second-order valence-corrected chi connectivity index (χ2v) is 4.18. The molecule has 0 aromatic carbocycles. The Kier molecular flexibility index (Phi) is 3.15. The van der Waals surface area contributed by atoms with Crippen molar-refractivity contribution in [2.75, 3.05) is 5.43 Å². The van der Waals surface area contributed by atoms with Crippen LogP contribution in [-0.2, 0) is 13.6 Å². The summed E-state index contributed by atoms with van der Waals surface area (Å²) in [7, 11) is 1.79. The Labute approximate surface area is 104 Å². The minimum Gasteiger partial charge on any atom is -0.308 e. The molecule has 0 atom stereocenters. The lowest BCUT2D eigenvalue weighted by Crippen LogP contribution is -2.22. The lowest BCUT2D eigenvalue weighted by molar-refractivity contribution is 0.727. The normalized spacial score (nSPS) is 10.7. The number of anilines is 1. The van der Waals surface area contributed by atoms with Crippen LogP contribution in [-0.4, -0.2) is 19.3 Å². The quantitative estimate of drug-likeness (QED) is 0.586. The zero-order valence-electron chi connectivity index (χ0n) is 10.6. The van der Waals surface area contributed by atoms with Crippen LogP contribution in [0.2, 0.25) is 0 Å². The monoisotopic (exact) mass is 248 g/mol. The molecule has 7 heteroatoms. The lowest BCUT2D eigenvalue weighted by Gasteiger charge is -2.07. The standard InChI is InChI=1S/C11H16N6O/c1-7-4-10(18)17(6-13-7)5-9-8(2)15-16(3)11(9)14-12/h4,6,14H,5,12H2,1-3H3. The molecule has 0 radical (unpaired) electrons. The van der Waals surface area contributed by atoms with Gasteiger partial charge in [0.2, 0.25) is 0 Å². The van der Waals surface area contributed by atoms with Crippen LogP contribution in [0.1, 0.15) is 17.0 Å². The van der Waals surface area contributed by atoms with E-state index in [9.17, 15) is 4.79 Å². The summed E-state index contributed by atoms with van der Waals surface area (Å²) >= 11 is 0. The van der Waals surface area contributed by atoms with Gasteiger partial charge in [0, 0.05) is 24.4 Å². The van der Waals surface area contributed by atoms with Crippen molar-refractivity contribution in [3.8, 4) is 0 Å². The van der Waals surface area contributed by atoms with Crippen LogP contribution in [0.25, 0.3) is 0 Å². The number of rotatable bonds is 3. The van der Waals surface area contributed by atoms with Crippen LogP contribution in [0, 0.1) is 13.8 Å². The van der Waals surface area contributed by atoms with Gasteiger partial charge in [0.05, 0.1) is 18.6 Å². The Balaban J connectivity index is 2.43. The summed E-state index contributed by atoms with van der Waals surface area (Å²) in [6, 6.07) is 1.50. The van der Waals surface area contributed by atoms with Gasteiger partial charge in [0.15, 0.2) is 0 Å². The van der Waals surface area contributed by atoms with E-state index in [1.807, 2.05) is 6.92 Å². The molecule has 0 unspecified atom stereocenters. The van der Waals surface area contributed by atoms with Crippen LogP contribution in [0.5, 0.6) is 0 Å². The van der Waals surface area contributed by atoms with Crippen molar-refractivity contribution in [1.29, 1.82) is 0 Å². The lowest BCUT2D eigenvalue weighted by atomic mass is 10.2. The van der Waals surface area contributed by atoms with E-state index in [0.717, 1.165) is 11.3 Å². The highest BCUT2D eigenvalue weighted by Crippen LogP contribution is 2.18. The predicted octanol–water partition coefficient (Wildman–Crippen LogP) is -0.0725. The van der Waals surface area contributed by atoms with Crippen molar-refractivity contribution in [2.24, 2.45) is 12.9 Å². The highest BCUT2D eigenvalue weighted by molar-refractivity contribution is 5.46. The Hall–Kier alpha value is -2.15. The third-order valence-corrected chi connectivity index (χ3v) is 2.83. The number of hydrazine groups is 1. The molecule has 96 valence electrons. The number of nitrogens with one attached hydrogen (secondary N) is 1. The van der Waals surface area contributed by atoms with Gasteiger partial charge in [-0.1, -0.05) is 0 Å². The topological polar surface area (TPSA) is 90.8 Å². The van der Waals surface area contributed by atoms with E-state index in [1.165, 1.54) is 17.0 Å². The number of nitrogens with zero attached hydrogens (tertiary/aromatic N) is 4. The first-order valence-corrected chi connectivity index (χ1v) is 5.55. The maximum Gasteiger partial charge on any atom is 0.253 e. The van der Waals surface area contributed by atoms with Crippen LogP contribution in [0.3, 0.4) is 0 Å². The fourth-order valence-corrected chi connectivity index (χ4v) is 1.88. The van der Waals surface area contributed by atoms with Crippen LogP contribution >= 0.6 is 0 Å². The zero-order valence-corrected chi connectivity index (χ0v) is 10.6. The van der Waals surface area contributed by atoms with E-state index in [1.54, 1.807) is 18.7 Å². The van der Waals surface area contributed by atoms with Gasteiger partial charge >= 0.3 is 0 Å². The fourth-order valence-electron chi connectivity index (χ4n) is 1.88. The van der Waals surface area contributed by atoms with Gasteiger partial charge in [-0.25, -0.2) is 10.8 Å². The Morgan fingerprint density at radius 1 is 1.44 bits per heavy atom. The predicted molar refractivity (Wildman–Crippen MR) is 68.1 cm³/mol. The van der Waals surface area contributed by atoms with Gasteiger partial charge in [0.25, 0.3) is 5.56 Å². The van der Waals surface area contributed by atoms with E-state index < -0.39 is 0 Å². The smallest absolute Gasteiger partial charge is 0.253 e. The molecule has 2 aromatic heterocycles. The van der Waals surface area contributed by atoms with E-state index in [2.05, 4.69) is 15.5 Å². The maximum absolute atomic E-state index is 11.8. The number of nitrogen functional groups attached to an aromatic ring is 1. The Bertz CT molecular complexity index is 627.